The second kappa shape index (κ2) is 11.8. The molecule has 1 aliphatic carbocycles. The van der Waals surface area contributed by atoms with Gasteiger partial charge in [0.15, 0.2) is 0 Å². The number of benzene rings is 4. The van der Waals surface area contributed by atoms with Gasteiger partial charge in [0.25, 0.3) is 0 Å². The van der Waals surface area contributed by atoms with Gasteiger partial charge in [-0.05, 0) is 59.4 Å². The number of hydrogen-bond acceptors (Lipinski definition) is 6. The van der Waals surface area contributed by atoms with Crippen LogP contribution in [0.2, 0.25) is 0 Å². The fourth-order valence-electron chi connectivity index (χ4n) is 5.46. The SMILES string of the molecule is CCCOc1c2cc(O)cc1Cc1cccc(c1O)Cc1cc(O)cc(c1OCCC)Cc1cccc(c1O)C2. The summed E-state index contributed by atoms with van der Waals surface area (Å²) in [6.07, 6.45) is 3.00. The molecule has 0 aromatic heterocycles. The van der Waals surface area contributed by atoms with Crippen molar-refractivity contribution in [3.8, 4) is 34.5 Å². The van der Waals surface area contributed by atoms with Crippen LogP contribution in [0.4, 0.5) is 0 Å². The molecule has 4 N–H and O–H groups in total. The molecule has 1 aliphatic rings. The Hall–Kier alpha value is -4.32. The first-order valence-electron chi connectivity index (χ1n) is 13.9. The largest absolute Gasteiger partial charge is 0.508 e. The number of para-hydroxylation sites is 2. The van der Waals surface area contributed by atoms with Crippen molar-refractivity contribution in [2.75, 3.05) is 13.2 Å². The van der Waals surface area contributed by atoms with E-state index in [0.29, 0.717) is 72.6 Å². The number of rotatable bonds is 6. The molecule has 0 amide bonds. The van der Waals surface area contributed by atoms with Crippen molar-refractivity contribution in [2.45, 2.75) is 52.4 Å². The molecule has 6 heteroatoms. The van der Waals surface area contributed by atoms with Crippen LogP contribution in [0.3, 0.4) is 0 Å². The molecule has 4 aromatic rings. The molecule has 40 heavy (non-hydrogen) atoms. The summed E-state index contributed by atoms with van der Waals surface area (Å²) in [5, 5.41) is 44.2. The topological polar surface area (TPSA) is 99.4 Å². The fraction of sp³-hybridized carbons (Fsp3) is 0.294. The lowest BCUT2D eigenvalue weighted by Gasteiger charge is -2.21. The van der Waals surface area contributed by atoms with Crippen LogP contribution in [-0.2, 0) is 25.7 Å². The van der Waals surface area contributed by atoms with Crippen molar-refractivity contribution >= 4 is 0 Å². The molecule has 0 aliphatic heterocycles. The van der Waals surface area contributed by atoms with E-state index in [-0.39, 0.29) is 23.0 Å². The molecule has 208 valence electrons. The van der Waals surface area contributed by atoms with E-state index < -0.39 is 0 Å². The Morgan fingerprint density at radius 2 is 0.800 bits per heavy atom. The Kier molecular flexibility index (Phi) is 8.06. The second-order valence-corrected chi connectivity index (χ2v) is 10.4. The van der Waals surface area contributed by atoms with Crippen LogP contribution in [0.15, 0.2) is 60.7 Å². The maximum Gasteiger partial charge on any atom is 0.126 e. The smallest absolute Gasteiger partial charge is 0.126 e. The molecule has 0 fully saturated rings. The van der Waals surface area contributed by atoms with Gasteiger partial charge in [0.1, 0.15) is 34.5 Å². The third-order valence-electron chi connectivity index (χ3n) is 7.29. The first-order valence-corrected chi connectivity index (χ1v) is 13.9. The Morgan fingerprint density at radius 3 is 1.07 bits per heavy atom. The van der Waals surface area contributed by atoms with Gasteiger partial charge in [0.05, 0.1) is 13.2 Å². The van der Waals surface area contributed by atoms with Gasteiger partial charge in [-0.1, -0.05) is 50.2 Å². The van der Waals surface area contributed by atoms with Crippen LogP contribution in [0.1, 0.15) is 71.2 Å². The van der Waals surface area contributed by atoms with Crippen LogP contribution < -0.4 is 9.47 Å². The predicted molar refractivity (Wildman–Crippen MR) is 155 cm³/mol. The Morgan fingerprint density at radius 1 is 0.500 bits per heavy atom. The molecule has 0 saturated heterocycles. The average Bonchev–Trinajstić information content (AvgIpc) is 2.91. The van der Waals surface area contributed by atoms with Crippen LogP contribution >= 0.6 is 0 Å². The van der Waals surface area contributed by atoms with Crippen molar-refractivity contribution in [3.63, 3.8) is 0 Å². The third kappa shape index (κ3) is 5.67. The summed E-state index contributed by atoms with van der Waals surface area (Å²) in [5.41, 5.74) is 5.81. The summed E-state index contributed by atoms with van der Waals surface area (Å²) in [6.45, 7) is 5.07. The van der Waals surface area contributed by atoms with E-state index in [9.17, 15) is 20.4 Å². The number of hydrogen-bond donors (Lipinski definition) is 4. The van der Waals surface area contributed by atoms with E-state index in [1.807, 2.05) is 50.2 Å². The van der Waals surface area contributed by atoms with Crippen LogP contribution in [0.25, 0.3) is 0 Å². The molecule has 0 saturated carbocycles. The maximum atomic E-state index is 11.4. The summed E-state index contributed by atoms with van der Waals surface area (Å²) in [4.78, 5) is 0. The standard InChI is InChI=1S/C34H36O6/c1-3-11-39-33-25-13-21-7-5-9-23(31(21)37)15-27-19-30(36)20-28(34(27)40-12-4-2)16-24-10-6-8-22(32(24)38)14-26(33)18-29(35)17-25/h5-10,17-20,35-38H,3-4,11-16H2,1-2H3. The third-order valence-corrected chi connectivity index (χ3v) is 7.29. The van der Waals surface area contributed by atoms with Crippen LogP contribution in [-0.4, -0.2) is 33.6 Å². The quantitative estimate of drug-likeness (QED) is 0.190. The fourth-order valence-corrected chi connectivity index (χ4v) is 5.46. The highest BCUT2D eigenvalue weighted by atomic mass is 16.5. The number of ether oxygens (including phenoxy) is 2. The molecule has 0 heterocycles. The zero-order valence-corrected chi connectivity index (χ0v) is 23.0. The van der Waals surface area contributed by atoms with Gasteiger partial charge in [-0.2, -0.15) is 0 Å². The van der Waals surface area contributed by atoms with E-state index in [1.165, 1.54) is 0 Å². The molecule has 0 spiro atoms. The maximum absolute atomic E-state index is 11.4. The van der Waals surface area contributed by atoms with E-state index in [0.717, 1.165) is 35.1 Å². The summed E-state index contributed by atoms with van der Waals surface area (Å²) in [7, 11) is 0. The van der Waals surface area contributed by atoms with Crippen LogP contribution in [0, 0.1) is 0 Å². The Labute approximate surface area is 235 Å². The highest BCUT2D eigenvalue weighted by molar-refractivity contribution is 5.57. The van der Waals surface area contributed by atoms with Gasteiger partial charge in [-0.15, -0.1) is 0 Å². The summed E-state index contributed by atoms with van der Waals surface area (Å²) in [5.74, 6) is 1.84. The van der Waals surface area contributed by atoms with Crippen molar-refractivity contribution in [1.29, 1.82) is 0 Å². The van der Waals surface area contributed by atoms with Gasteiger partial charge in [0, 0.05) is 47.9 Å². The molecular formula is C34H36O6. The number of phenols is 4. The lowest BCUT2D eigenvalue weighted by Crippen LogP contribution is -2.07. The molecular weight excluding hydrogens is 504 g/mol. The number of phenolic OH excluding ortho intramolecular Hbond substituents is 4. The summed E-state index contributed by atoms with van der Waals surface area (Å²) >= 11 is 0. The number of aromatic hydroxyl groups is 4. The summed E-state index contributed by atoms with van der Waals surface area (Å²) in [6, 6.07) is 18.0. The van der Waals surface area contributed by atoms with Gasteiger partial charge >= 0.3 is 0 Å². The van der Waals surface area contributed by atoms with Gasteiger partial charge in [0.2, 0.25) is 0 Å². The molecule has 0 atom stereocenters. The Balaban J connectivity index is 1.74. The highest BCUT2D eigenvalue weighted by Crippen LogP contribution is 2.40. The summed E-state index contributed by atoms with van der Waals surface area (Å²) < 4.78 is 12.4. The molecule has 5 rings (SSSR count). The zero-order chi connectivity index (χ0) is 28.2. The van der Waals surface area contributed by atoms with Gasteiger partial charge < -0.3 is 29.9 Å². The van der Waals surface area contributed by atoms with Crippen molar-refractivity contribution in [2.24, 2.45) is 0 Å². The highest BCUT2D eigenvalue weighted by Gasteiger charge is 2.21. The first-order chi connectivity index (χ1) is 19.4. The van der Waals surface area contributed by atoms with E-state index in [4.69, 9.17) is 9.47 Å². The van der Waals surface area contributed by atoms with Crippen LogP contribution in [0.5, 0.6) is 34.5 Å². The minimum absolute atomic E-state index is 0.101. The lowest BCUT2D eigenvalue weighted by atomic mass is 9.91. The van der Waals surface area contributed by atoms with Crippen molar-refractivity contribution < 1.29 is 29.9 Å². The molecule has 4 aromatic carbocycles. The van der Waals surface area contributed by atoms with E-state index in [1.54, 1.807) is 24.3 Å². The van der Waals surface area contributed by atoms with E-state index in [2.05, 4.69) is 0 Å². The van der Waals surface area contributed by atoms with Gasteiger partial charge in [-0.25, -0.2) is 0 Å². The average molecular weight is 541 g/mol. The predicted octanol–water partition coefficient (Wildman–Crippen LogP) is 6.76. The minimum atomic E-state index is 0.101. The minimum Gasteiger partial charge on any atom is -0.508 e. The molecule has 0 unspecified atom stereocenters. The Bertz CT molecular complexity index is 1320. The lowest BCUT2D eigenvalue weighted by molar-refractivity contribution is 0.310. The van der Waals surface area contributed by atoms with Crippen molar-refractivity contribution in [3.05, 3.63) is 105 Å². The monoisotopic (exact) mass is 540 g/mol. The molecule has 8 bridgehead atoms. The van der Waals surface area contributed by atoms with E-state index >= 15 is 0 Å². The van der Waals surface area contributed by atoms with Gasteiger partial charge in [-0.3, -0.25) is 0 Å². The normalized spacial score (nSPS) is 12.7. The zero-order valence-electron chi connectivity index (χ0n) is 23.0. The van der Waals surface area contributed by atoms with Crippen molar-refractivity contribution in [1.82, 2.24) is 0 Å². The molecule has 0 radical (unpaired) electrons. The second-order valence-electron chi connectivity index (χ2n) is 10.4. The first kappa shape index (κ1) is 27.3. The molecule has 6 nitrogen and oxygen atoms in total. The number of fused-ring (bicyclic) bond motifs is 8.